The van der Waals surface area contributed by atoms with Crippen LogP contribution in [0.4, 0.5) is 0 Å². The molecule has 0 unspecified atom stereocenters. The van der Waals surface area contributed by atoms with Crippen LogP contribution in [-0.4, -0.2) is 15.0 Å². The Morgan fingerprint density at radius 1 is 1.29 bits per heavy atom. The lowest BCUT2D eigenvalue weighted by molar-refractivity contribution is 0.870. The van der Waals surface area contributed by atoms with Gasteiger partial charge in [0.15, 0.2) is 0 Å². The smallest absolute Gasteiger partial charge is 0.251 e. The zero-order valence-electron chi connectivity index (χ0n) is 11.6. The molecule has 5 heteroatoms. The number of hydrogen-bond donors (Lipinski definition) is 1. The third-order valence-electron chi connectivity index (χ3n) is 3.27. The maximum absolute atomic E-state index is 11.8. The van der Waals surface area contributed by atoms with Gasteiger partial charge in [-0.15, -0.1) is 0 Å². The average molecular weight is 300 g/mol. The normalized spacial score (nSPS) is 11.0. The van der Waals surface area contributed by atoms with E-state index in [-0.39, 0.29) is 5.56 Å². The Morgan fingerprint density at radius 3 is 2.95 bits per heavy atom. The third-order valence-corrected chi connectivity index (χ3v) is 3.60. The van der Waals surface area contributed by atoms with Crippen LogP contribution in [0, 0.1) is 0 Å². The highest BCUT2D eigenvalue weighted by molar-refractivity contribution is 6.35. The van der Waals surface area contributed by atoms with E-state index in [9.17, 15) is 4.79 Å². The van der Waals surface area contributed by atoms with Crippen molar-refractivity contribution < 1.29 is 0 Å². The van der Waals surface area contributed by atoms with Crippen LogP contribution in [-0.2, 0) is 6.42 Å². The van der Waals surface area contributed by atoms with E-state index >= 15 is 0 Å². The summed E-state index contributed by atoms with van der Waals surface area (Å²) < 4.78 is 0. The highest BCUT2D eigenvalue weighted by Crippen LogP contribution is 2.29. The summed E-state index contributed by atoms with van der Waals surface area (Å²) in [4.78, 5) is 23.5. The number of benzene rings is 1. The minimum atomic E-state index is -0.150. The molecule has 0 radical (unpaired) electrons. The number of aromatic nitrogens is 3. The van der Waals surface area contributed by atoms with Crippen LogP contribution in [0.15, 0.2) is 41.3 Å². The fraction of sp³-hybridized carbons (Fsp3) is 0.188. The fourth-order valence-corrected chi connectivity index (χ4v) is 2.56. The molecule has 2 aromatic heterocycles. The van der Waals surface area contributed by atoms with E-state index in [1.54, 1.807) is 18.3 Å². The third kappa shape index (κ3) is 2.67. The number of aromatic amines is 1. The molecule has 0 bridgehead atoms. The molecular weight excluding hydrogens is 286 g/mol. The molecule has 1 N–H and O–H groups in total. The van der Waals surface area contributed by atoms with E-state index in [1.165, 1.54) is 0 Å². The van der Waals surface area contributed by atoms with Crippen LogP contribution >= 0.6 is 11.6 Å². The van der Waals surface area contributed by atoms with E-state index in [1.807, 2.05) is 18.2 Å². The molecule has 3 aromatic rings. The molecular formula is C16H14ClN3O. The molecule has 0 saturated carbocycles. The Hall–Kier alpha value is -2.20. The predicted molar refractivity (Wildman–Crippen MR) is 84.6 cm³/mol. The number of rotatable bonds is 3. The lowest BCUT2D eigenvalue weighted by Gasteiger charge is -2.07. The topological polar surface area (TPSA) is 58.6 Å². The van der Waals surface area contributed by atoms with Gasteiger partial charge in [0, 0.05) is 28.9 Å². The van der Waals surface area contributed by atoms with Crippen molar-refractivity contribution in [2.75, 3.05) is 0 Å². The van der Waals surface area contributed by atoms with Gasteiger partial charge >= 0.3 is 0 Å². The molecule has 0 atom stereocenters. The molecule has 2 heterocycles. The first-order valence-electron chi connectivity index (χ1n) is 6.83. The molecule has 0 aliphatic rings. The molecule has 21 heavy (non-hydrogen) atoms. The molecule has 0 amide bonds. The Bertz CT molecular complexity index is 858. The van der Waals surface area contributed by atoms with Crippen LogP contribution in [0.5, 0.6) is 0 Å². The van der Waals surface area contributed by atoms with E-state index in [4.69, 9.17) is 11.6 Å². The number of aryl methyl sites for hydroxylation is 1. The molecule has 1 aromatic carbocycles. The van der Waals surface area contributed by atoms with Crippen molar-refractivity contribution in [3.63, 3.8) is 0 Å². The highest BCUT2D eigenvalue weighted by atomic mass is 35.5. The van der Waals surface area contributed by atoms with Crippen LogP contribution < -0.4 is 5.56 Å². The van der Waals surface area contributed by atoms with Crippen LogP contribution in [0.2, 0.25) is 5.02 Å². The van der Waals surface area contributed by atoms with Gasteiger partial charge in [0.05, 0.1) is 10.5 Å². The molecule has 4 nitrogen and oxygen atoms in total. The van der Waals surface area contributed by atoms with Crippen molar-refractivity contribution in [3.05, 3.63) is 57.6 Å². The van der Waals surface area contributed by atoms with Gasteiger partial charge in [-0.25, -0.2) is 4.98 Å². The summed E-state index contributed by atoms with van der Waals surface area (Å²) in [7, 11) is 0. The van der Waals surface area contributed by atoms with Gasteiger partial charge in [0.1, 0.15) is 5.82 Å². The first-order valence-corrected chi connectivity index (χ1v) is 7.20. The molecule has 0 saturated heterocycles. The van der Waals surface area contributed by atoms with Crippen molar-refractivity contribution in [1.29, 1.82) is 0 Å². The number of H-pyrrole nitrogens is 1. The Kier molecular flexibility index (Phi) is 3.71. The number of nitrogens with one attached hydrogen (secondary N) is 1. The van der Waals surface area contributed by atoms with Crippen LogP contribution in [0.1, 0.15) is 19.0 Å². The predicted octanol–water partition coefficient (Wildman–Crippen LogP) is 3.59. The highest BCUT2D eigenvalue weighted by Gasteiger charge is 2.10. The maximum Gasteiger partial charge on any atom is 0.251 e. The molecule has 0 aliphatic carbocycles. The molecule has 3 rings (SSSR count). The fourth-order valence-electron chi connectivity index (χ4n) is 2.35. The second-order valence-corrected chi connectivity index (χ2v) is 5.24. The van der Waals surface area contributed by atoms with Gasteiger partial charge < -0.3 is 4.98 Å². The summed E-state index contributed by atoms with van der Waals surface area (Å²) >= 11 is 6.20. The van der Waals surface area contributed by atoms with Crippen molar-refractivity contribution in [2.24, 2.45) is 0 Å². The second kappa shape index (κ2) is 5.66. The van der Waals surface area contributed by atoms with Crippen molar-refractivity contribution in [3.8, 4) is 11.4 Å². The quantitative estimate of drug-likeness (QED) is 0.804. The summed E-state index contributed by atoms with van der Waals surface area (Å²) in [5.41, 5.74) is 2.16. The van der Waals surface area contributed by atoms with Gasteiger partial charge in [-0.1, -0.05) is 24.9 Å². The molecule has 106 valence electrons. The van der Waals surface area contributed by atoms with Crippen molar-refractivity contribution in [2.45, 2.75) is 19.8 Å². The number of halogens is 1. The van der Waals surface area contributed by atoms with E-state index in [0.717, 1.165) is 35.0 Å². The summed E-state index contributed by atoms with van der Waals surface area (Å²) in [5, 5.41) is 1.48. The summed E-state index contributed by atoms with van der Waals surface area (Å²) in [6.07, 6.45) is 3.42. The van der Waals surface area contributed by atoms with Crippen LogP contribution in [0.3, 0.4) is 0 Å². The van der Waals surface area contributed by atoms with Crippen molar-refractivity contribution in [1.82, 2.24) is 15.0 Å². The maximum atomic E-state index is 11.8. The first-order chi connectivity index (χ1) is 10.2. The van der Waals surface area contributed by atoms with E-state index in [0.29, 0.717) is 10.8 Å². The van der Waals surface area contributed by atoms with E-state index < -0.39 is 0 Å². The average Bonchev–Trinajstić information content (AvgIpc) is 2.47. The number of hydrogen-bond acceptors (Lipinski definition) is 3. The molecule has 0 spiro atoms. The molecule has 0 fully saturated rings. The molecule has 0 aliphatic heterocycles. The van der Waals surface area contributed by atoms with Gasteiger partial charge in [-0.3, -0.25) is 9.78 Å². The second-order valence-electron chi connectivity index (χ2n) is 4.83. The Morgan fingerprint density at radius 2 is 2.14 bits per heavy atom. The zero-order chi connectivity index (χ0) is 14.8. The standard InChI is InChI=1S/C16H14ClN3O/c1-2-4-10-9-14(21)20-16(19-10)12-6-7-13(17)11-5-3-8-18-15(11)12/h3,5-9H,2,4H2,1H3,(H,19,20,21). The monoisotopic (exact) mass is 299 g/mol. The number of nitrogens with zero attached hydrogens (tertiary/aromatic N) is 2. The zero-order valence-corrected chi connectivity index (χ0v) is 12.3. The Balaban J connectivity index is 2.26. The van der Waals surface area contributed by atoms with Gasteiger partial charge in [0.25, 0.3) is 5.56 Å². The minimum Gasteiger partial charge on any atom is -0.306 e. The first kappa shape index (κ1) is 13.8. The SMILES string of the molecule is CCCc1cc(=O)[nH]c(-c2ccc(Cl)c3cccnc23)n1. The van der Waals surface area contributed by atoms with E-state index in [2.05, 4.69) is 21.9 Å². The number of fused-ring (bicyclic) bond motifs is 1. The lowest BCUT2D eigenvalue weighted by atomic mass is 10.1. The van der Waals surface area contributed by atoms with Gasteiger partial charge in [-0.05, 0) is 30.7 Å². The van der Waals surface area contributed by atoms with Crippen molar-refractivity contribution >= 4 is 22.5 Å². The largest absolute Gasteiger partial charge is 0.306 e. The summed E-state index contributed by atoms with van der Waals surface area (Å²) in [5.74, 6) is 0.534. The summed E-state index contributed by atoms with van der Waals surface area (Å²) in [6.45, 7) is 2.06. The van der Waals surface area contributed by atoms with Crippen LogP contribution in [0.25, 0.3) is 22.3 Å². The lowest BCUT2D eigenvalue weighted by Crippen LogP contribution is -2.10. The number of pyridine rings is 1. The Labute approximate surface area is 126 Å². The summed E-state index contributed by atoms with van der Waals surface area (Å²) in [6, 6.07) is 8.92. The van der Waals surface area contributed by atoms with Gasteiger partial charge in [0.2, 0.25) is 0 Å². The minimum absolute atomic E-state index is 0.150. The van der Waals surface area contributed by atoms with Gasteiger partial charge in [-0.2, -0.15) is 0 Å².